The summed E-state index contributed by atoms with van der Waals surface area (Å²) in [6, 6.07) is 0. The van der Waals surface area contributed by atoms with Crippen LogP contribution < -0.4 is 0 Å². The number of aliphatic hydroxyl groups excluding tert-OH is 5. The van der Waals surface area contributed by atoms with Gasteiger partial charge in [-0.25, -0.2) is 0 Å². The molecule has 0 spiro atoms. The number of carbonyl (C=O) groups is 2. The minimum absolute atomic E-state index is 0.0401. The molecule has 0 aliphatic carbocycles. The second-order valence-electron chi connectivity index (χ2n) is 4.89. The van der Waals surface area contributed by atoms with Crippen LogP contribution in [0.25, 0.3) is 0 Å². The summed E-state index contributed by atoms with van der Waals surface area (Å²) in [6.45, 7) is 0.144. The molecule has 0 saturated carbocycles. The zero-order valence-corrected chi connectivity index (χ0v) is 12.0. The summed E-state index contributed by atoms with van der Waals surface area (Å²) in [7, 11) is 0. The van der Waals surface area contributed by atoms with Crippen LogP contribution >= 0.6 is 0 Å². The minimum Gasteiger partial charge on any atom is -0.463 e. The lowest BCUT2D eigenvalue weighted by Crippen LogP contribution is -2.47. The third-order valence-corrected chi connectivity index (χ3v) is 2.90. The molecule has 0 saturated heterocycles. The second-order valence-corrected chi connectivity index (χ2v) is 4.89. The molecule has 124 valence electrons. The molecule has 0 unspecified atom stereocenters. The van der Waals surface area contributed by atoms with E-state index in [1.54, 1.807) is 0 Å². The van der Waals surface area contributed by atoms with Gasteiger partial charge in [0.1, 0.15) is 36.8 Å². The normalized spacial score (nSPS) is 16.9. The van der Waals surface area contributed by atoms with Crippen molar-refractivity contribution in [3.05, 3.63) is 0 Å². The van der Waals surface area contributed by atoms with Crippen molar-refractivity contribution in [3.63, 3.8) is 0 Å². The van der Waals surface area contributed by atoms with E-state index in [0.717, 1.165) is 0 Å². The lowest BCUT2D eigenvalue weighted by atomic mass is 10.0. The molecule has 8 heteroatoms. The van der Waals surface area contributed by atoms with E-state index in [9.17, 15) is 24.9 Å². The number of ether oxygens (including phenoxy) is 1. The van der Waals surface area contributed by atoms with E-state index >= 15 is 0 Å². The van der Waals surface area contributed by atoms with Crippen LogP contribution in [0.4, 0.5) is 0 Å². The maximum Gasteiger partial charge on any atom is 0.305 e. The third kappa shape index (κ3) is 8.74. The van der Waals surface area contributed by atoms with Crippen LogP contribution in [0.2, 0.25) is 0 Å². The Morgan fingerprint density at radius 3 is 2.00 bits per heavy atom. The van der Waals surface area contributed by atoms with Gasteiger partial charge in [0.2, 0.25) is 0 Å². The fourth-order valence-corrected chi connectivity index (χ4v) is 1.56. The van der Waals surface area contributed by atoms with Crippen LogP contribution in [-0.2, 0) is 14.3 Å². The number of esters is 1. The van der Waals surface area contributed by atoms with Crippen molar-refractivity contribution in [3.8, 4) is 0 Å². The van der Waals surface area contributed by atoms with Gasteiger partial charge in [0, 0.05) is 12.8 Å². The van der Waals surface area contributed by atoms with Crippen LogP contribution in [-0.4, -0.2) is 74.9 Å². The molecule has 5 N–H and O–H groups in total. The van der Waals surface area contributed by atoms with E-state index in [1.807, 2.05) is 0 Å². The van der Waals surface area contributed by atoms with Crippen LogP contribution in [0.3, 0.4) is 0 Å². The molecular formula is C13H24O8. The standard InChI is InChI=1S/C13H24O8/c1-8(15)4-2-3-5-11(18)21-7-10(17)13(20)12(19)9(16)6-14/h9-10,12-14,16-17,19-20H,2-7H2,1H3/t9-,10-,12-,13-/m1/s1. The van der Waals surface area contributed by atoms with E-state index in [-0.39, 0.29) is 12.2 Å². The fraction of sp³-hybridized carbons (Fsp3) is 0.846. The zero-order chi connectivity index (χ0) is 16.4. The van der Waals surface area contributed by atoms with Gasteiger partial charge in [-0.15, -0.1) is 0 Å². The van der Waals surface area contributed by atoms with Gasteiger partial charge >= 0.3 is 5.97 Å². The zero-order valence-electron chi connectivity index (χ0n) is 12.0. The predicted molar refractivity (Wildman–Crippen MR) is 71.2 cm³/mol. The van der Waals surface area contributed by atoms with Crippen molar-refractivity contribution in [1.82, 2.24) is 0 Å². The van der Waals surface area contributed by atoms with Gasteiger partial charge in [0.25, 0.3) is 0 Å². The molecule has 21 heavy (non-hydrogen) atoms. The molecule has 0 aliphatic heterocycles. The molecule has 0 radical (unpaired) electrons. The quantitative estimate of drug-likeness (QED) is 0.220. The average Bonchev–Trinajstić information content (AvgIpc) is 2.46. The molecule has 0 amide bonds. The van der Waals surface area contributed by atoms with E-state index in [1.165, 1.54) is 6.92 Å². The Balaban J connectivity index is 3.93. The topological polar surface area (TPSA) is 145 Å². The van der Waals surface area contributed by atoms with Crippen molar-refractivity contribution < 1.29 is 39.9 Å². The number of hydrogen-bond acceptors (Lipinski definition) is 8. The number of unbranched alkanes of at least 4 members (excludes halogenated alkanes) is 1. The van der Waals surface area contributed by atoms with Gasteiger partial charge < -0.3 is 35.1 Å². The Morgan fingerprint density at radius 2 is 1.48 bits per heavy atom. The van der Waals surface area contributed by atoms with Gasteiger partial charge in [-0.05, 0) is 19.8 Å². The lowest BCUT2D eigenvalue weighted by molar-refractivity contribution is -0.156. The molecule has 4 atom stereocenters. The minimum atomic E-state index is -1.75. The van der Waals surface area contributed by atoms with Crippen LogP contribution in [0, 0.1) is 0 Å². The maximum atomic E-state index is 11.3. The molecule has 0 aliphatic rings. The first kappa shape index (κ1) is 19.9. The van der Waals surface area contributed by atoms with Gasteiger partial charge in [-0.2, -0.15) is 0 Å². The molecule has 0 aromatic heterocycles. The summed E-state index contributed by atoms with van der Waals surface area (Å²) in [6.07, 6.45) is -5.17. The molecule has 0 heterocycles. The Labute approximate surface area is 123 Å². The number of ketones is 1. The molecular weight excluding hydrogens is 284 g/mol. The predicted octanol–water partition coefficient (Wildman–Crippen LogP) is -1.89. The SMILES string of the molecule is CC(=O)CCCCC(=O)OC[C@@H](O)[C@@H](O)[C@H](O)[C@H](O)CO. The number of aliphatic hydroxyl groups is 5. The summed E-state index contributed by atoms with van der Waals surface area (Å²) < 4.78 is 4.71. The molecule has 0 bridgehead atoms. The third-order valence-electron chi connectivity index (χ3n) is 2.90. The molecule has 0 rings (SSSR count). The average molecular weight is 308 g/mol. The van der Waals surface area contributed by atoms with E-state index in [0.29, 0.717) is 19.3 Å². The smallest absolute Gasteiger partial charge is 0.305 e. The largest absolute Gasteiger partial charge is 0.463 e. The van der Waals surface area contributed by atoms with Crippen molar-refractivity contribution in [2.24, 2.45) is 0 Å². The lowest BCUT2D eigenvalue weighted by Gasteiger charge is -2.25. The first-order chi connectivity index (χ1) is 9.79. The van der Waals surface area contributed by atoms with E-state index < -0.39 is 43.6 Å². The highest BCUT2D eigenvalue weighted by molar-refractivity contribution is 5.75. The van der Waals surface area contributed by atoms with E-state index in [2.05, 4.69) is 0 Å². The highest BCUT2D eigenvalue weighted by Crippen LogP contribution is 2.07. The summed E-state index contributed by atoms with van der Waals surface area (Å²) in [4.78, 5) is 22.0. The van der Waals surface area contributed by atoms with Crippen molar-refractivity contribution in [2.45, 2.75) is 57.0 Å². The number of hydrogen-bond donors (Lipinski definition) is 5. The second kappa shape index (κ2) is 10.6. The first-order valence-corrected chi connectivity index (χ1v) is 6.77. The highest BCUT2D eigenvalue weighted by atomic mass is 16.5. The van der Waals surface area contributed by atoms with Crippen LogP contribution in [0.5, 0.6) is 0 Å². The Hall–Kier alpha value is -1.06. The van der Waals surface area contributed by atoms with Crippen LogP contribution in [0.1, 0.15) is 32.6 Å². The number of Topliss-reactive ketones (excluding diaryl/α,β-unsaturated/α-hetero) is 1. The summed E-state index contributed by atoms with van der Waals surface area (Å²) in [5.74, 6) is -0.555. The Morgan fingerprint density at radius 1 is 0.952 bits per heavy atom. The summed E-state index contributed by atoms with van der Waals surface area (Å²) in [5.41, 5.74) is 0. The van der Waals surface area contributed by atoms with Crippen molar-refractivity contribution in [2.75, 3.05) is 13.2 Å². The Bertz CT molecular complexity index is 319. The number of carbonyl (C=O) groups excluding carboxylic acids is 2. The monoisotopic (exact) mass is 308 g/mol. The fourth-order valence-electron chi connectivity index (χ4n) is 1.56. The van der Waals surface area contributed by atoms with Crippen LogP contribution in [0.15, 0.2) is 0 Å². The number of rotatable bonds is 11. The molecule has 0 aromatic carbocycles. The van der Waals surface area contributed by atoms with Crippen molar-refractivity contribution >= 4 is 11.8 Å². The van der Waals surface area contributed by atoms with Gasteiger partial charge in [0.05, 0.1) is 6.61 Å². The summed E-state index contributed by atoms with van der Waals surface area (Å²) in [5, 5.41) is 46.0. The Kier molecular flexibility index (Phi) is 10.1. The highest BCUT2D eigenvalue weighted by Gasteiger charge is 2.30. The van der Waals surface area contributed by atoms with E-state index in [4.69, 9.17) is 14.9 Å². The van der Waals surface area contributed by atoms with Crippen molar-refractivity contribution in [1.29, 1.82) is 0 Å². The summed E-state index contributed by atoms with van der Waals surface area (Å²) >= 11 is 0. The van der Waals surface area contributed by atoms with Gasteiger partial charge in [-0.3, -0.25) is 4.79 Å². The van der Waals surface area contributed by atoms with Gasteiger partial charge in [0.15, 0.2) is 0 Å². The molecule has 0 fully saturated rings. The first-order valence-electron chi connectivity index (χ1n) is 6.77. The maximum absolute atomic E-state index is 11.3. The molecule has 0 aromatic rings. The molecule has 8 nitrogen and oxygen atoms in total. The van der Waals surface area contributed by atoms with Gasteiger partial charge in [-0.1, -0.05) is 0 Å².